The number of carboxylic acids is 1. The molecule has 3 rings (SSSR count). The number of allylic oxidation sites excluding steroid dienone is 1. The van der Waals surface area contributed by atoms with Crippen molar-refractivity contribution in [2.75, 3.05) is 14.2 Å². The molecule has 1 N–H and O–H groups in total. The summed E-state index contributed by atoms with van der Waals surface area (Å²) in [6.45, 7) is 1.42. The number of ketones is 1. The lowest BCUT2D eigenvalue weighted by molar-refractivity contribution is -0.144. The Hall–Kier alpha value is -3.48. The molecule has 0 saturated heterocycles. The van der Waals surface area contributed by atoms with Gasteiger partial charge in [0, 0.05) is 17.7 Å². The minimum absolute atomic E-state index is 0.136. The first kappa shape index (κ1) is 18.3. The topological polar surface area (TPSA) is 91.3 Å². The Morgan fingerprint density at radius 3 is 2.52 bits per heavy atom. The summed E-state index contributed by atoms with van der Waals surface area (Å²) in [5.74, 6) is 0.560. The maximum atomic E-state index is 12.6. The van der Waals surface area contributed by atoms with Crippen LogP contribution in [0.3, 0.4) is 0 Å². The normalized spacial score (nSPS) is 15.1. The van der Waals surface area contributed by atoms with Crippen LogP contribution in [-0.2, 0) is 4.79 Å². The second kappa shape index (κ2) is 7.41. The van der Waals surface area contributed by atoms with Crippen molar-refractivity contribution in [1.29, 1.82) is 0 Å². The third-order valence-corrected chi connectivity index (χ3v) is 4.03. The molecular formula is C20H18O7. The Kier molecular flexibility index (Phi) is 5.03. The maximum Gasteiger partial charge on any atom is 0.344 e. The van der Waals surface area contributed by atoms with Crippen LogP contribution < -0.4 is 18.9 Å². The molecule has 1 aliphatic heterocycles. The number of ether oxygens (including phenoxy) is 4. The van der Waals surface area contributed by atoms with Crippen molar-refractivity contribution in [3.05, 3.63) is 53.3 Å². The Balaban J connectivity index is 1.88. The molecular weight excluding hydrogens is 352 g/mol. The van der Waals surface area contributed by atoms with Crippen LogP contribution in [0.15, 0.2) is 42.2 Å². The van der Waals surface area contributed by atoms with Gasteiger partial charge in [-0.15, -0.1) is 0 Å². The van der Waals surface area contributed by atoms with Crippen LogP contribution in [0, 0.1) is 0 Å². The fourth-order valence-electron chi connectivity index (χ4n) is 2.57. The van der Waals surface area contributed by atoms with Gasteiger partial charge in [-0.3, -0.25) is 4.79 Å². The zero-order valence-electron chi connectivity index (χ0n) is 15.0. The molecule has 7 heteroatoms. The minimum atomic E-state index is -1.08. The lowest BCUT2D eigenvalue weighted by Gasteiger charge is -2.10. The monoisotopic (exact) mass is 370 g/mol. The predicted octanol–water partition coefficient (Wildman–Crippen LogP) is 3.17. The molecule has 0 aliphatic carbocycles. The van der Waals surface area contributed by atoms with Gasteiger partial charge in [-0.25, -0.2) is 4.79 Å². The van der Waals surface area contributed by atoms with E-state index in [0.29, 0.717) is 34.1 Å². The number of benzene rings is 2. The number of carboxylic acid groups (broad SMARTS) is 1. The molecule has 1 unspecified atom stereocenters. The molecule has 2 aromatic carbocycles. The first-order valence-electron chi connectivity index (χ1n) is 8.12. The van der Waals surface area contributed by atoms with E-state index in [-0.39, 0.29) is 11.5 Å². The summed E-state index contributed by atoms with van der Waals surface area (Å²) in [6, 6.07) is 9.80. The number of aliphatic carboxylic acids is 1. The zero-order chi connectivity index (χ0) is 19.6. The van der Waals surface area contributed by atoms with Crippen LogP contribution in [0.5, 0.6) is 23.0 Å². The van der Waals surface area contributed by atoms with Gasteiger partial charge in [-0.1, -0.05) is 0 Å². The van der Waals surface area contributed by atoms with Crippen LogP contribution in [0.25, 0.3) is 6.08 Å². The van der Waals surface area contributed by atoms with Gasteiger partial charge >= 0.3 is 5.97 Å². The second-order valence-corrected chi connectivity index (χ2v) is 5.80. The fraction of sp³-hybridized carbons (Fsp3) is 0.200. The average Bonchev–Trinajstić information content (AvgIpc) is 2.97. The van der Waals surface area contributed by atoms with Crippen molar-refractivity contribution in [3.8, 4) is 23.0 Å². The lowest BCUT2D eigenvalue weighted by atomic mass is 10.1. The molecule has 0 fully saturated rings. The zero-order valence-corrected chi connectivity index (χ0v) is 15.0. The number of Topliss-reactive ketones (excluding diaryl/α,β-unsaturated/α-hetero) is 1. The predicted molar refractivity (Wildman–Crippen MR) is 96.6 cm³/mol. The van der Waals surface area contributed by atoms with Gasteiger partial charge < -0.3 is 24.1 Å². The number of carbonyl (C=O) groups is 2. The van der Waals surface area contributed by atoms with Gasteiger partial charge in [0.25, 0.3) is 0 Å². The molecule has 0 spiro atoms. The third-order valence-electron chi connectivity index (χ3n) is 4.03. The minimum Gasteiger partial charge on any atom is -0.497 e. The molecule has 27 heavy (non-hydrogen) atoms. The quantitative estimate of drug-likeness (QED) is 0.781. The highest BCUT2D eigenvalue weighted by atomic mass is 16.5. The summed E-state index contributed by atoms with van der Waals surface area (Å²) < 4.78 is 21.5. The smallest absolute Gasteiger partial charge is 0.344 e. The number of fused-ring (bicyclic) bond motifs is 1. The largest absolute Gasteiger partial charge is 0.497 e. The van der Waals surface area contributed by atoms with Gasteiger partial charge in [0.2, 0.25) is 5.78 Å². The number of hydrogen-bond donors (Lipinski definition) is 1. The molecule has 0 aromatic heterocycles. The van der Waals surface area contributed by atoms with E-state index < -0.39 is 12.1 Å². The average molecular weight is 370 g/mol. The molecule has 1 aliphatic rings. The van der Waals surface area contributed by atoms with Crippen molar-refractivity contribution in [3.63, 3.8) is 0 Å². The summed E-state index contributed by atoms with van der Waals surface area (Å²) >= 11 is 0. The molecule has 0 saturated carbocycles. The Morgan fingerprint density at radius 1 is 1.11 bits per heavy atom. The molecule has 0 amide bonds. The third kappa shape index (κ3) is 3.72. The summed E-state index contributed by atoms with van der Waals surface area (Å²) in [4.78, 5) is 23.5. The van der Waals surface area contributed by atoms with Gasteiger partial charge in [0.1, 0.15) is 23.0 Å². The molecule has 0 radical (unpaired) electrons. The van der Waals surface area contributed by atoms with E-state index in [2.05, 4.69) is 0 Å². The van der Waals surface area contributed by atoms with Crippen LogP contribution in [0.2, 0.25) is 0 Å². The maximum absolute atomic E-state index is 12.6. The number of hydrogen-bond acceptors (Lipinski definition) is 6. The van der Waals surface area contributed by atoms with Crippen molar-refractivity contribution in [2.45, 2.75) is 13.0 Å². The van der Waals surface area contributed by atoms with Crippen molar-refractivity contribution >= 4 is 17.8 Å². The van der Waals surface area contributed by atoms with E-state index in [4.69, 9.17) is 24.1 Å². The Labute approximate surface area is 155 Å². The molecule has 140 valence electrons. The fourth-order valence-corrected chi connectivity index (χ4v) is 2.57. The molecule has 2 aromatic rings. The summed E-state index contributed by atoms with van der Waals surface area (Å²) in [6.07, 6.45) is 0.569. The number of rotatable bonds is 6. The lowest BCUT2D eigenvalue weighted by Crippen LogP contribution is -2.22. The van der Waals surface area contributed by atoms with Crippen molar-refractivity contribution < 1.29 is 33.6 Å². The standard InChI is InChI=1S/C20H18O7/c1-11(20(22)23)26-14-6-7-15-17(10-14)27-18(19(15)21)8-12-4-5-13(24-2)9-16(12)25-3/h4-11H,1-3H3,(H,22,23)/b18-8-. The highest BCUT2D eigenvalue weighted by Crippen LogP contribution is 2.36. The van der Waals surface area contributed by atoms with Crippen LogP contribution >= 0.6 is 0 Å². The SMILES string of the molecule is COc1ccc(/C=C2\Oc3cc(OC(C)C(=O)O)ccc3C2=O)c(OC)c1. The van der Waals surface area contributed by atoms with E-state index in [0.717, 1.165) is 0 Å². The van der Waals surface area contributed by atoms with E-state index in [1.54, 1.807) is 37.5 Å². The Bertz CT molecular complexity index is 930. The van der Waals surface area contributed by atoms with E-state index in [1.807, 2.05) is 0 Å². The van der Waals surface area contributed by atoms with E-state index in [9.17, 15) is 9.59 Å². The van der Waals surface area contributed by atoms with Crippen LogP contribution in [-0.4, -0.2) is 37.2 Å². The van der Waals surface area contributed by atoms with Gasteiger partial charge in [-0.2, -0.15) is 0 Å². The van der Waals surface area contributed by atoms with E-state index in [1.165, 1.54) is 26.2 Å². The molecule has 7 nitrogen and oxygen atoms in total. The highest BCUT2D eigenvalue weighted by molar-refractivity contribution is 6.14. The van der Waals surface area contributed by atoms with Crippen molar-refractivity contribution in [2.24, 2.45) is 0 Å². The molecule has 1 atom stereocenters. The first-order chi connectivity index (χ1) is 12.9. The number of carbonyl (C=O) groups excluding carboxylic acids is 1. The van der Waals surface area contributed by atoms with Crippen LogP contribution in [0.4, 0.5) is 0 Å². The van der Waals surface area contributed by atoms with Gasteiger partial charge in [0.15, 0.2) is 11.9 Å². The summed E-state index contributed by atoms with van der Waals surface area (Å²) in [5, 5.41) is 8.93. The Morgan fingerprint density at radius 2 is 1.85 bits per heavy atom. The molecule has 0 bridgehead atoms. The second-order valence-electron chi connectivity index (χ2n) is 5.80. The summed E-state index contributed by atoms with van der Waals surface area (Å²) in [7, 11) is 3.08. The van der Waals surface area contributed by atoms with Gasteiger partial charge in [-0.05, 0) is 37.3 Å². The van der Waals surface area contributed by atoms with Crippen molar-refractivity contribution in [1.82, 2.24) is 0 Å². The van der Waals surface area contributed by atoms with Crippen LogP contribution in [0.1, 0.15) is 22.8 Å². The van der Waals surface area contributed by atoms with Gasteiger partial charge in [0.05, 0.1) is 19.8 Å². The highest BCUT2D eigenvalue weighted by Gasteiger charge is 2.28. The molecule has 1 heterocycles. The first-order valence-corrected chi connectivity index (χ1v) is 8.12. The summed E-state index contributed by atoms with van der Waals surface area (Å²) in [5.41, 5.74) is 1.04. The number of methoxy groups -OCH3 is 2. The van der Waals surface area contributed by atoms with E-state index >= 15 is 0 Å².